The minimum absolute atomic E-state index is 0.0125. The second kappa shape index (κ2) is 53.6. The number of aliphatic hydroxyl groups is 1. The normalized spacial score (nSPS) is 13.5. The highest BCUT2D eigenvalue weighted by Gasteiger charge is 2.27. The molecule has 0 aliphatic heterocycles. The van der Waals surface area contributed by atoms with Crippen LogP contribution in [0, 0.1) is 11.8 Å². The van der Waals surface area contributed by atoms with Crippen LogP contribution in [0.3, 0.4) is 0 Å². The van der Waals surface area contributed by atoms with Crippen molar-refractivity contribution >= 4 is 11.9 Å². The van der Waals surface area contributed by atoms with Crippen LogP contribution in [0.4, 0.5) is 0 Å². The van der Waals surface area contributed by atoms with Crippen LogP contribution in [0.15, 0.2) is 0 Å². The summed E-state index contributed by atoms with van der Waals surface area (Å²) >= 11 is 0. The lowest BCUT2D eigenvalue weighted by molar-refractivity contribution is -0.154. The van der Waals surface area contributed by atoms with Crippen molar-refractivity contribution in [3.05, 3.63) is 0 Å². The first-order valence-corrected chi connectivity index (χ1v) is 30.8. The van der Waals surface area contributed by atoms with Gasteiger partial charge < -0.3 is 24.8 Å². The summed E-state index contributed by atoms with van der Waals surface area (Å²) in [5.41, 5.74) is 0. The van der Waals surface area contributed by atoms with Crippen molar-refractivity contribution in [1.29, 1.82) is 0 Å². The van der Waals surface area contributed by atoms with Crippen LogP contribution in [-0.4, -0.2) is 73.5 Å². The third-order valence-corrected chi connectivity index (χ3v) is 14.9. The van der Waals surface area contributed by atoms with E-state index >= 15 is 0 Å². The number of hydrogen-bond donors (Lipinski definition) is 2. The molecule has 7 nitrogen and oxygen atoms in total. The standard InChI is InChI=1S/C61H122N2O5/c1-7-12-16-20-24-28-30-34-38-41-47-57(46-40-36-32-26-22-18-14-9-3)54-67-60(65)53-59(62-56(6)45-44-50-63(11-5)51-52-64)61(66)68-55-58(48-42-37-33-27-23-19-15-10-4)49-43-39-35-31-29-25-21-17-13-8-2/h56-59,62,64H,7-55H2,1-6H3. The molecule has 4 atom stereocenters. The molecule has 0 aromatic rings. The Labute approximate surface area is 425 Å². The van der Waals surface area contributed by atoms with Gasteiger partial charge in [0.1, 0.15) is 6.04 Å². The first-order valence-electron chi connectivity index (χ1n) is 30.8. The summed E-state index contributed by atoms with van der Waals surface area (Å²) in [6, 6.07) is -0.675. The lowest BCUT2D eigenvalue weighted by Crippen LogP contribution is -2.45. The summed E-state index contributed by atoms with van der Waals surface area (Å²) in [4.78, 5) is 30.1. The largest absolute Gasteiger partial charge is 0.465 e. The molecule has 0 saturated carbocycles. The molecule has 0 heterocycles. The molecule has 4 unspecified atom stereocenters. The van der Waals surface area contributed by atoms with Gasteiger partial charge in [0.2, 0.25) is 0 Å². The van der Waals surface area contributed by atoms with E-state index < -0.39 is 6.04 Å². The second-order valence-corrected chi connectivity index (χ2v) is 21.6. The highest BCUT2D eigenvalue weighted by molar-refractivity contribution is 5.82. The Hall–Kier alpha value is -1.18. The molecule has 0 fully saturated rings. The van der Waals surface area contributed by atoms with E-state index in [-0.39, 0.29) is 31.0 Å². The number of esters is 2. The van der Waals surface area contributed by atoms with E-state index in [1.165, 1.54) is 231 Å². The van der Waals surface area contributed by atoms with E-state index in [0.717, 1.165) is 51.6 Å². The molecule has 406 valence electrons. The average Bonchev–Trinajstić information content (AvgIpc) is 3.33. The zero-order chi connectivity index (χ0) is 49.8. The monoisotopic (exact) mass is 963 g/mol. The Morgan fingerprint density at radius 1 is 0.426 bits per heavy atom. The lowest BCUT2D eigenvalue weighted by Gasteiger charge is -2.25. The Bertz CT molecular complexity index is 1030. The SMILES string of the molecule is CCCCCCCCCCCCC(CCCCCCCCCC)COC(=O)CC(NC(C)CCCN(CC)CCO)C(=O)OCC(CCCCCCCCCC)CCCCCCCCCCCC. The maximum absolute atomic E-state index is 14.1. The molecule has 0 rings (SSSR count). The van der Waals surface area contributed by atoms with Gasteiger partial charge in [-0.05, 0) is 70.4 Å². The topological polar surface area (TPSA) is 88.1 Å². The Balaban J connectivity index is 5.60. The van der Waals surface area contributed by atoms with Gasteiger partial charge in [-0.1, -0.05) is 266 Å². The van der Waals surface area contributed by atoms with Gasteiger partial charge in [0.05, 0.1) is 26.2 Å². The number of aliphatic hydroxyl groups excluding tert-OH is 1. The first kappa shape index (κ1) is 66.8. The van der Waals surface area contributed by atoms with Crippen LogP contribution >= 0.6 is 0 Å². The minimum Gasteiger partial charge on any atom is -0.465 e. The summed E-state index contributed by atoms with van der Waals surface area (Å²) < 4.78 is 12.3. The van der Waals surface area contributed by atoms with Gasteiger partial charge in [0.15, 0.2) is 0 Å². The third kappa shape index (κ3) is 45.9. The molecule has 0 amide bonds. The fraction of sp³-hybridized carbons (Fsp3) is 0.967. The number of hydrogen-bond acceptors (Lipinski definition) is 7. The van der Waals surface area contributed by atoms with Crippen LogP contribution in [0.25, 0.3) is 0 Å². The lowest BCUT2D eigenvalue weighted by atomic mass is 9.94. The Kier molecular flexibility index (Phi) is 52.7. The molecule has 0 spiro atoms. The van der Waals surface area contributed by atoms with Crippen LogP contribution in [0.2, 0.25) is 0 Å². The number of nitrogens with one attached hydrogen (secondary N) is 1. The van der Waals surface area contributed by atoms with Crippen LogP contribution < -0.4 is 5.32 Å². The molecule has 0 bridgehead atoms. The number of rotatable bonds is 56. The fourth-order valence-electron chi connectivity index (χ4n) is 10.2. The highest BCUT2D eigenvalue weighted by Crippen LogP contribution is 2.23. The molecule has 0 aliphatic carbocycles. The smallest absolute Gasteiger partial charge is 0.323 e. The summed E-state index contributed by atoms with van der Waals surface area (Å²) in [5.74, 6) is 0.173. The predicted molar refractivity (Wildman–Crippen MR) is 296 cm³/mol. The van der Waals surface area contributed by atoms with Crippen LogP contribution in [0.5, 0.6) is 0 Å². The quantitative estimate of drug-likeness (QED) is 0.0464. The van der Waals surface area contributed by atoms with E-state index in [0.29, 0.717) is 31.6 Å². The van der Waals surface area contributed by atoms with E-state index in [1.807, 2.05) is 0 Å². The maximum Gasteiger partial charge on any atom is 0.323 e. The summed E-state index contributed by atoms with van der Waals surface area (Å²) in [6.07, 6.45) is 53.8. The molecule has 0 saturated heterocycles. The number of carbonyl (C=O) groups is 2. The molecular weight excluding hydrogens is 841 g/mol. The number of carbonyl (C=O) groups excluding carboxylic acids is 2. The molecule has 0 aromatic heterocycles. The van der Waals surface area contributed by atoms with Crippen molar-refractivity contribution in [3.63, 3.8) is 0 Å². The van der Waals surface area contributed by atoms with Crippen LogP contribution in [-0.2, 0) is 19.1 Å². The van der Waals surface area contributed by atoms with Gasteiger partial charge in [-0.15, -0.1) is 0 Å². The highest BCUT2D eigenvalue weighted by atomic mass is 16.5. The van der Waals surface area contributed by atoms with Crippen LogP contribution in [0.1, 0.15) is 318 Å². The fourth-order valence-corrected chi connectivity index (χ4v) is 10.2. The first-order chi connectivity index (χ1) is 33.3. The van der Waals surface area contributed by atoms with E-state index in [2.05, 4.69) is 51.8 Å². The molecule has 0 aliphatic rings. The van der Waals surface area contributed by atoms with Gasteiger partial charge in [-0.2, -0.15) is 0 Å². The van der Waals surface area contributed by atoms with Gasteiger partial charge in [-0.3, -0.25) is 9.59 Å². The Morgan fingerprint density at radius 2 is 0.750 bits per heavy atom. The van der Waals surface area contributed by atoms with E-state index in [9.17, 15) is 14.7 Å². The molecule has 2 N–H and O–H groups in total. The van der Waals surface area contributed by atoms with E-state index in [4.69, 9.17) is 9.47 Å². The van der Waals surface area contributed by atoms with Crippen molar-refractivity contribution in [2.24, 2.45) is 11.8 Å². The average molecular weight is 964 g/mol. The summed E-state index contributed by atoms with van der Waals surface area (Å²) in [7, 11) is 0. The molecule has 68 heavy (non-hydrogen) atoms. The van der Waals surface area contributed by atoms with Gasteiger partial charge in [-0.25, -0.2) is 0 Å². The van der Waals surface area contributed by atoms with Crippen molar-refractivity contribution in [2.75, 3.05) is 39.5 Å². The van der Waals surface area contributed by atoms with E-state index in [1.54, 1.807) is 0 Å². The molecule has 7 heteroatoms. The zero-order valence-corrected chi connectivity index (χ0v) is 47.0. The van der Waals surface area contributed by atoms with Crippen molar-refractivity contribution in [2.45, 2.75) is 330 Å². The minimum atomic E-state index is -0.716. The maximum atomic E-state index is 14.1. The van der Waals surface area contributed by atoms with Crippen molar-refractivity contribution in [1.82, 2.24) is 10.2 Å². The molecule has 0 aromatic carbocycles. The van der Waals surface area contributed by atoms with Gasteiger partial charge in [0.25, 0.3) is 0 Å². The molecular formula is C61H122N2O5. The van der Waals surface area contributed by atoms with Crippen molar-refractivity contribution in [3.8, 4) is 0 Å². The predicted octanol–water partition coefficient (Wildman–Crippen LogP) is 17.8. The number of ether oxygens (including phenoxy) is 2. The summed E-state index contributed by atoms with van der Waals surface area (Å²) in [6.45, 7) is 16.9. The van der Waals surface area contributed by atoms with Gasteiger partial charge in [0, 0.05) is 12.6 Å². The number of nitrogens with zero attached hydrogens (tertiary/aromatic N) is 1. The van der Waals surface area contributed by atoms with Gasteiger partial charge >= 0.3 is 11.9 Å². The second-order valence-electron chi connectivity index (χ2n) is 21.6. The molecule has 0 radical (unpaired) electrons. The zero-order valence-electron chi connectivity index (χ0n) is 47.0. The summed E-state index contributed by atoms with van der Waals surface area (Å²) in [5, 5.41) is 13.0. The Morgan fingerprint density at radius 3 is 1.07 bits per heavy atom. The number of unbranched alkanes of at least 4 members (excludes halogenated alkanes) is 32. The third-order valence-electron chi connectivity index (χ3n) is 14.9. The number of likely N-dealkylation sites (N-methyl/N-ethyl adjacent to an activating group) is 1. The van der Waals surface area contributed by atoms with Crippen molar-refractivity contribution < 1.29 is 24.2 Å².